The molecule has 0 aliphatic heterocycles. The van der Waals surface area contributed by atoms with Gasteiger partial charge in [-0.3, -0.25) is 4.79 Å². The van der Waals surface area contributed by atoms with Crippen LogP contribution in [0.15, 0.2) is 24.3 Å². The minimum atomic E-state index is -0.742. The molecule has 0 unspecified atom stereocenters. The standard InChI is InChI=1S/C16H20FNO2/c17-13-5-3-4-12(10-13)16(8-9-16)14(19)18-11-15(20)6-1-2-7-15/h3-5,10,20H,1-2,6-9,11H2,(H,18,19). The molecule has 108 valence electrons. The van der Waals surface area contributed by atoms with Crippen LogP contribution in [-0.2, 0) is 10.2 Å². The number of benzene rings is 1. The molecule has 2 aliphatic carbocycles. The quantitative estimate of drug-likeness (QED) is 0.887. The molecule has 4 heteroatoms. The summed E-state index contributed by atoms with van der Waals surface area (Å²) in [5.74, 6) is -0.389. The number of halogens is 1. The first-order valence-corrected chi connectivity index (χ1v) is 7.31. The van der Waals surface area contributed by atoms with Gasteiger partial charge in [0.25, 0.3) is 0 Å². The number of hydrogen-bond donors (Lipinski definition) is 2. The molecular weight excluding hydrogens is 257 g/mol. The fourth-order valence-corrected chi connectivity index (χ4v) is 3.18. The van der Waals surface area contributed by atoms with Gasteiger partial charge in [0.05, 0.1) is 11.0 Å². The van der Waals surface area contributed by atoms with Crippen molar-refractivity contribution in [3.63, 3.8) is 0 Å². The van der Waals surface area contributed by atoms with Crippen LogP contribution in [0.1, 0.15) is 44.1 Å². The lowest BCUT2D eigenvalue weighted by Gasteiger charge is -2.24. The number of nitrogens with one attached hydrogen (secondary N) is 1. The van der Waals surface area contributed by atoms with E-state index < -0.39 is 11.0 Å². The molecule has 2 aliphatic rings. The summed E-state index contributed by atoms with van der Waals surface area (Å²) in [5.41, 5.74) is -0.571. The van der Waals surface area contributed by atoms with Crippen molar-refractivity contribution in [2.75, 3.05) is 6.54 Å². The summed E-state index contributed by atoms with van der Waals surface area (Å²) in [7, 11) is 0. The zero-order valence-electron chi connectivity index (χ0n) is 11.5. The highest BCUT2D eigenvalue weighted by atomic mass is 19.1. The lowest BCUT2D eigenvalue weighted by atomic mass is 9.94. The Morgan fingerprint density at radius 1 is 1.25 bits per heavy atom. The Morgan fingerprint density at radius 3 is 2.55 bits per heavy atom. The van der Waals surface area contributed by atoms with Gasteiger partial charge >= 0.3 is 0 Å². The SMILES string of the molecule is O=C(NCC1(O)CCCC1)C1(c2cccc(F)c2)CC1. The molecule has 1 amide bonds. The van der Waals surface area contributed by atoms with E-state index in [0.29, 0.717) is 6.54 Å². The van der Waals surface area contributed by atoms with Crippen molar-refractivity contribution in [3.05, 3.63) is 35.6 Å². The molecule has 2 fully saturated rings. The molecule has 0 radical (unpaired) electrons. The number of rotatable bonds is 4. The maximum atomic E-state index is 13.3. The molecule has 2 saturated carbocycles. The highest BCUT2D eigenvalue weighted by Gasteiger charge is 2.51. The fraction of sp³-hybridized carbons (Fsp3) is 0.562. The smallest absolute Gasteiger partial charge is 0.230 e. The molecule has 0 bridgehead atoms. The van der Waals surface area contributed by atoms with E-state index in [2.05, 4.69) is 5.32 Å². The van der Waals surface area contributed by atoms with Gasteiger partial charge < -0.3 is 10.4 Å². The molecule has 0 aromatic heterocycles. The molecule has 0 atom stereocenters. The lowest BCUT2D eigenvalue weighted by Crippen LogP contribution is -2.44. The number of aliphatic hydroxyl groups is 1. The highest BCUT2D eigenvalue weighted by molar-refractivity contribution is 5.91. The minimum absolute atomic E-state index is 0.0802. The van der Waals surface area contributed by atoms with Crippen molar-refractivity contribution < 1.29 is 14.3 Å². The van der Waals surface area contributed by atoms with E-state index in [9.17, 15) is 14.3 Å². The number of amides is 1. The van der Waals surface area contributed by atoms with E-state index >= 15 is 0 Å². The van der Waals surface area contributed by atoms with Crippen LogP contribution in [0.25, 0.3) is 0 Å². The maximum Gasteiger partial charge on any atom is 0.230 e. The first-order chi connectivity index (χ1) is 9.54. The molecule has 0 heterocycles. The van der Waals surface area contributed by atoms with Crippen LogP contribution >= 0.6 is 0 Å². The normalized spacial score (nSPS) is 22.5. The van der Waals surface area contributed by atoms with E-state index in [-0.39, 0.29) is 11.7 Å². The van der Waals surface area contributed by atoms with Crippen molar-refractivity contribution >= 4 is 5.91 Å². The van der Waals surface area contributed by atoms with Gasteiger partial charge in [-0.15, -0.1) is 0 Å². The summed E-state index contributed by atoms with van der Waals surface area (Å²) in [5, 5.41) is 13.1. The highest BCUT2D eigenvalue weighted by Crippen LogP contribution is 2.48. The predicted octanol–water partition coefficient (Wildman–Crippen LogP) is 2.28. The van der Waals surface area contributed by atoms with Crippen molar-refractivity contribution in [2.45, 2.75) is 49.5 Å². The molecule has 0 saturated heterocycles. The van der Waals surface area contributed by atoms with Gasteiger partial charge in [-0.25, -0.2) is 4.39 Å². The van der Waals surface area contributed by atoms with Gasteiger partial charge in [0.1, 0.15) is 5.82 Å². The Labute approximate surface area is 118 Å². The summed E-state index contributed by atoms with van der Waals surface area (Å²) in [6, 6.07) is 6.28. The van der Waals surface area contributed by atoms with Crippen molar-refractivity contribution in [3.8, 4) is 0 Å². The van der Waals surface area contributed by atoms with E-state index in [1.807, 2.05) is 0 Å². The van der Waals surface area contributed by atoms with Gasteiger partial charge in [-0.1, -0.05) is 25.0 Å². The second-order valence-electron chi connectivity index (χ2n) is 6.21. The summed E-state index contributed by atoms with van der Waals surface area (Å²) in [6.45, 7) is 0.308. The van der Waals surface area contributed by atoms with Crippen LogP contribution in [0.2, 0.25) is 0 Å². The average molecular weight is 277 g/mol. The van der Waals surface area contributed by atoms with E-state index in [4.69, 9.17) is 0 Å². The Kier molecular flexibility index (Phi) is 3.28. The third-order valence-corrected chi connectivity index (χ3v) is 4.67. The maximum absolute atomic E-state index is 13.3. The molecule has 0 spiro atoms. The van der Waals surface area contributed by atoms with E-state index in [1.165, 1.54) is 12.1 Å². The molecule has 1 aromatic carbocycles. The summed E-state index contributed by atoms with van der Waals surface area (Å²) >= 11 is 0. The minimum Gasteiger partial charge on any atom is -0.388 e. The Morgan fingerprint density at radius 2 is 1.95 bits per heavy atom. The Bertz CT molecular complexity index is 519. The van der Waals surface area contributed by atoms with Crippen LogP contribution in [0.4, 0.5) is 4.39 Å². The fourth-order valence-electron chi connectivity index (χ4n) is 3.18. The zero-order chi connectivity index (χ0) is 14.2. The second-order valence-corrected chi connectivity index (χ2v) is 6.21. The first kappa shape index (κ1) is 13.6. The zero-order valence-corrected chi connectivity index (χ0v) is 11.5. The second kappa shape index (κ2) is 4.85. The lowest BCUT2D eigenvalue weighted by molar-refractivity contribution is -0.124. The molecule has 3 nitrogen and oxygen atoms in total. The van der Waals surface area contributed by atoms with Crippen LogP contribution in [-0.4, -0.2) is 23.2 Å². The topological polar surface area (TPSA) is 49.3 Å². The van der Waals surface area contributed by atoms with Gasteiger partial charge in [-0.2, -0.15) is 0 Å². The third kappa shape index (κ3) is 2.44. The molecule has 2 N–H and O–H groups in total. The van der Waals surface area contributed by atoms with Gasteiger partial charge in [-0.05, 0) is 43.4 Å². The number of carbonyl (C=O) groups is 1. The van der Waals surface area contributed by atoms with Gasteiger partial charge in [0.2, 0.25) is 5.91 Å². The van der Waals surface area contributed by atoms with E-state index in [0.717, 1.165) is 44.1 Å². The van der Waals surface area contributed by atoms with Crippen molar-refractivity contribution in [1.82, 2.24) is 5.32 Å². The van der Waals surface area contributed by atoms with Gasteiger partial charge in [0, 0.05) is 6.54 Å². The van der Waals surface area contributed by atoms with Gasteiger partial charge in [0.15, 0.2) is 0 Å². The Hall–Kier alpha value is -1.42. The summed E-state index contributed by atoms with van der Waals surface area (Å²) < 4.78 is 13.3. The predicted molar refractivity (Wildman–Crippen MR) is 73.7 cm³/mol. The Balaban J connectivity index is 1.67. The van der Waals surface area contributed by atoms with Crippen LogP contribution in [0, 0.1) is 5.82 Å². The van der Waals surface area contributed by atoms with E-state index in [1.54, 1.807) is 12.1 Å². The monoisotopic (exact) mass is 277 g/mol. The van der Waals surface area contributed by atoms with Crippen molar-refractivity contribution in [1.29, 1.82) is 0 Å². The molecule has 1 aromatic rings. The molecule has 3 rings (SSSR count). The van der Waals surface area contributed by atoms with Crippen LogP contribution < -0.4 is 5.32 Å². The third-order valence-electron chi connectivity index (χ3n) is 4.67. The largest absolute Gasteiger partial charge is 0.388 e. The summed E-state index contributed by atoms with van der Waals surface area (Å²) in [6.07, 6.45) is 5.03. The van der Waals surface area contributed by atoms with Crippen molar-refractivity contribution in [2.24, 2.45) is 0 Å². The van der Waals surface area contributed by atoms with Crippen LogP contribution in [0.3, 0.4) is 0 Å². The molecular formula is C16H20FNO2. The average Bonchev–Trinajstić information content (AvgIpc) is 3.14. The first-order valence-electron chi connectivity index (χ1n) is 7.31. The summed E-state index contributed by atoms with van der Waals surface area (Å²) in [4.78, 5) is 12.4. The number of hydrogen-bond acceptors (Lipinski definition) is 2. The number of carbonyl (C=O) groups excluding carboxylic acids is 1. The molecule has 20 heavy (non-hydrogen) atoms. The van der Waals surface area contributed by atoms with Crippen LogP contribution in [0.5, 0.6) is 0 Å².